The Morgan fingerprint density at radius 2 is 2.03 bits per heavy atom. The first-order chi connectivity index (χ1) is 15.2. The molecule has 11 heteroatoms. The fraction of sp³-hybridized carbons (Fsp3) is 0.286. The minimum Gasteiger partial charge on any atom is -0.406 e. The van der Waals surface area contributed by atoms with Gasteiger partial charge in [-0.15, -0.1) is 13.2 Å². The molecular weight excluding hydrogens is 427 g/mol. The molecule has 2 aromatic heterocycles. The number of halogens is 3. The maximum Gasteiger partial charge on any atom is 0.573 e. The molecule has 3 N–H and O–H groups in total. The number of β-amino-alcohol motifs (C(OH)–C–C–N with tert-alkyl or cyclic N) is 1. The minimum atomic E-state index is -4.79. The van der Waals surface area contributed by atoms with Crippen molar-refractivity contribution in [2.45, 2.75) is 25.8 Å². The van der Waals surface area contributed by atoms with Crippen LogP contribution in [0.1, 0.15) is 22.3 Å². The number of nitrogens with one attached hydrogen (secondary N) is 2. The molecule has 0 radical (unpaired) electrons. The Morgan fingerprint density at radius 3 is 2.62 bits per heavy atom. The van der Waals surface area contributed by atoms with Gasteiger partial charge in [0.1, 0.15) is 11.6 Å². The third kappa shape index (κ3) is 4.83. The van der Waals surface area contributed by atoms with Crippen LogP contribution in [0.15, 0.2) is 42.7 Å². The van der Waals surface area contributed by atoms with Crippen LogP contribution >= 0.6 is 0 Å². The molecular formula is C21H20F3N5O3. The van der Waals surface area contributed by atoms with Gasteiger partial charge in [0.2, 0.25) is 0 Å². The van der Waals surface area contributed by atoms with Crippen LogP contribution in [0, 0.1) is 6.92 Å². The van der Waals surface area contributed by atoms with Gasteiger partial charge in [-0.25, -0.2) is 4.98 Å². The second-order valence-electron chi connectivity index (χ2n) is 7.44. The molecule has 3 aromatic rings. The highest BCUT2D eigenvalue weighted by Gasteiger charge is 2.31. The van der Waals surface area contributed by atoms with E-state index in [9.17, 15) is 23.1 Å². The predicted octanol–water partition coefficient (Wildman–Crippen LogP) is 3.50. The van der Waals surface area contributed by atoms with Crippen LogP contribution in [0.2, 0.25) is 0 Å². The number of carbonyl (C=O) groups excluding carboxylic acids is 1. The number of benzene rings is 1. The van der Waals surface area contributed by atoms with Crippen molar-refractivity contribution < 1.29 is 27.8 Å². The largest absolute Gasteiger partial charge is 0.573 e. The molecule has 1 aliphatic rings. The number of H-pyrrole nitrogens is 1. The molecule has 0 spiro atoms. The van der Waals surface area contributed by atoms with Crippen molar-refractivity contribution in [3.63, 3.8) is 0 Å². The molecule has 3 heterocycles. The van der Waals surface area contributed by atoms with Gasteiger partial charge < -0.3 is 20.1 Å². The fourth-order valence-corrected chi connectivity index (χ4v) is 3.51. The number of aliphatic hydroxyl groups is 1. The van der Waals surface area contributed by atoms with E-state index in [1.165, 1.54) is 18.3 Å². The van der Waals surface area contributed by atoms with E-state index in [1.807, 2.05) is 11.8 Å². The minimum absolute atomic E-state index is 0.258. The molecule has 1 amide bonds. The van der Waals surface area contributed by atoms with E-state index >= 15 is 0 Å². The number of aryl methyl sites for hydroxylation is 1. The van der Waals surface area contributed by atoms with E-state index in [1.54, 1.807) is 12.3 Å². The van der Waals surface area contributed by atoms with E-state index in [-0.39, 0.29) is 11.3 Å². The van der Waals surface area contributed by atoms with Crippen molar-refractivity contribution in [1.29, 1.82) is 0 Å². The summed E-state index contributed by atoms with van der Waals surface area (Å²) in [4.78, 5) is 19.2. The first-order valence-electron chi connectivity index (χ1n) is 9.80. The van der Waals surface area contributed by atoms with Crippen molar-refractivity contribution in [2.24, 2.45) is 0 Å². The summed E-state index contributed by atoms with van der Waals surface area (Å²) >= 11 is 0. The van der Waals surface area contributed by atoms with Crippen LogP contribution in [0.5, 0.6) is 5.75 Å². The number of amides is 1. The number of ether oxygens (including phenoxy) is 1. The molecule has 0 aliphatic carbocycles. The third-order valence-electron chi connectivity index (χ3n) is 5.04. The van der Waals surface area contributed by atoms with E-state index in [2.05, 4.69) is 25.2 Å². The summed E-state index contributed by atoms with van der Waals surface area (Å²) in [5.74, 6) is -0.237. The Bertz CT molecular complexity index is 1110. The first-order valence-corrected chi connectivity index (χ1v) is 9.80. The second kappa shape index (κ2) is 8.50. The maximum absolute atomic E-state index is 12.8. The molecule has 1 aromatic carbocycles. The number of anilines is 2. The summed E-state index contributed by atoms with van der Waals surface area (Å²) in [7, 11) is 0. The Kier molecular flexibility index (Phi) is 5.74. The van der Waals surface area contributed by atoms with Crippen LogP contribution in [0.25, 0.3) is 11.3 Å². The van der Waals surface area contributed by atoms with Crippen molar-refractivity contribution >= 4 is 17.4 Å². The van der Waals surface area contributed by atoms with Crippen LogP contribution in [0.4, 0.5) is 24.7 Å². The predicted molar refractivity (Wildman–Crippen MR) is 110 cm³/mol. The quantitative estimate of drug-likeness (QED) is 0.553. The lowest BCUT2D eigenvalue weighted by Gasteiger charge is -2.20. The standard InChI is InChI=1S/C21H20F3N5O3/c1-12-9-26-28-18(12)17-8-13(10-25-19(17)29-7-6-15(30)11-29)20(31)27-14-2-4-16(5-3-14)32-21(22,23)24/h2-5,8-10,15,30H,6-7,11H2,1H3,(H,26,28)(H,27,31). The first kappa shape index (κ1) is 21.6. The second-order valence-corrected chi connectivity index (χ2v) is 7.44. The van der Waals surface area contributed by atoms with Crippen LogP contribution in [0.3, 0.4) is 0 Å². The maximum atomic E-state index is 12.8. The van der Waals surface area contributed by atoms with Gasteiger partial charge in [-0.05, 0) is 49.2 Å². The highest BCUT2D eigenvalue weighted by Crippen LogP contribution is 2.33. The highest BCUT2D eigenvalue weighted by molar-refractivity contribution is 6.05. The fourth-order valence-electron chi connectivity index (χ4n) is 3.51. The van der Waals surface area contributed by atoms with Crippen molar-refractivity contribution in [1.82, 2.24) is 15.2 Å². The van der Waals surface area contributed by atoms with Gasteiger partial charge in [-0.2, -0.15) is 5.10 Å². The molecule has 1 unspecified atom stereocenters. The van der Waals surface area contributed by atoms with E-state index in [0.29, 0.717) is 42.3 Å². The number of nitrogens with zero attached hydrogens (tertiary/aromatic N) is 3. The van der Waals surface area contributed by atoms with Gasteiger partial charge in [-0.3, -0.25) is 9.89 Å². The zero-order valence-electron chi connectivity index (χ0n) is 17.0. The molecule has 1 saturated heterocycles. The molecule has 1 fully saturated rings. The van der Waals surface area contributed by atoms with Gasteiger partial charge in [0.05, 0.1) is 23.6 Å². The van der Waals surface area contributed by atoms with Gasteiger partial charge in [-0.1, -0.05) is 0 Å². The molecule has 8 nitrogen and oxygen atoms in total. The smallest absolute Gasteiger partial charge is 0.406 e. The van der Waals surface area contributed by atoms with Crippen LogP contribution < -0.4 is 15.0 Å². The normalized spacial score (nSPS) is 16.3. The van der Waals surface area contributed by atoms with Gasteiger partial charge in [0.25, 0.3) is 5.91 Å². The van der Waals surface area contributed by atoms with Crippen LogP contribution in [-0.2, 0) is 0 Å². The summed E-state index contributed by atoms with van der Waals surface area (Å²) in [5.41, 5.74) is 2.79. The molecule has 4 rings (SSSR count). The number of hydrogen-bond acceptors (Lipinski definition) is 6. The number of aromatic amines is 1. The summed E-state index contributed by atoms with van der Waals surface area (Å²) in [6.45, 7) is 2.94. The van der Waals surface area contributed by atoms with Gasteiger partial charge in [0.15, 0.2) is 0 Å². The number of alkyl halides is 3. The van der Waals surface area contributed by atoms with Gasteiger partial charge in [0, 0.05) is 30.5 Å². The van der Waals surface area contributed by atoms with E-state index in [4.69, 9.17) is 0 Å². The summed E-state index contributed by atoms with van der Waals surface area (Å²) in [6.07, 6.45) is -1.52. The number of aliphatic hydroxyl groups excluding tert-OH is 1. The summed E-state index contributed by atoms with van der Waals surface area (Å²) in [6, 6.07) is 6.52. The summed E-state index contributed by atoms with van der Waals surface area (Å²) < 4.78 is 40.7. The van der Waals surface area contributed by atoms with Gasteiger partial charge >= 0.3 is 6.36 Å². The lowest BCUT2D eigenvalue weighted by atomic mass is 10.1. The Hall–Kier alpha value is -3.60. The molecule has 1 atom stereocenters. The Balaban J connectivity index is 1.58. The zero-order valence-corrected chi connectivity index (χ0v) is 17.0. The topological polar surface area (TPSA) is 103 Å². The molecule has 32 heavy (non-hydrogen) atoms. The van der Waals surface area contributed by atoms with Crippen molar-refractivity contribution in [2.75, 3.05) is 23.3 Å². The molecule has 168 valence electrons. The Morgan fingerprint density at radius 1 is 1.28 bits per heavy atom. The average molecular weight is 447 g/mol. The molecule has 0 saturated carbocycles. The monoisotopic (exact) mass is 447 g/mol. The molecule has 0 bridgehead atoms. The number of pyridine rings is 1. The van der Waals surface area contributed by atoms with Crippen molar-refractivity contribution in [3.8, 4) is 17.0 Å². The zero-order chi connectivity index (χ0) is 22.9. The third-order valence-corrected chi connectivity index (χ3v) is 5.04. The van der Waals surface area contributed by atoms with E-state index in [0.717, 1.165) is 17.7 Å². The lowest BCUT2D eigenvalue weighted by molar-refractivity contribution is -0.274. The van der Waals surface area contributed by atoms with Crippen LogP contribution in [-0.4, -0.2) is 51.8 Å². The number of aromatic nitrogens is 3. The van der Waals surface area contributed by atoms with Crippen molar-refractivity contribution in [3.05, 3.63) is 53.9 Å². The Labute approximate surface area is 181 Å². The highest BCUT2D eigenvalue weighted by atomic mass is 19.4. The molecule has 1 aliphatic heterocycles. The number of hydrogen-bond donors (Lipinski definition) is 3. The average Bonchev–Trinajstić information content (AvgIpc) is 3.36. The number of carbonyl (C=O) groups is 1. The lowest BCUT2D eigenvalue weighted by Crippen LogP contribution is -2.23. The summed E-state index contributed by atoms with van der Waals surface area (Å²) in [5, 5.41) is 19.5. The van der Waals surface area contributed by atoms with E-state index < -0.39 is 18.4 Å². The SMILES string of the molecule is Cc1cn[nH]c1-c1cc(C(=O)Nc2ccc(OC(F)(F)F)cc2)cnc1N1CCC(O)C1. The number of rotatable bonds is 5.